The van der Waals surface area contributed by atoms with Gasteiger partial charge in [-0.15, -0.1) is 18.4 Å². The Morgan fingerprint density at radius 2 is 1.47 bits per heavy atom. The maximum Gasteiger partial charge on any atom is 0.0947 e. The molecule has 0 saturated heterocycles. The topological polar surface area (TPSA) is 21.7 Å². The summed E-state index contributed by atoms with van der Waals surface area (Å²) in [4.78, 5) is 11.6. The third kappa shape index (κ3) is 5.73. The Bertz CT molecular complexity index is 360. The maximum atomic E-state index is 5.80. The molecule has 0 bridgehead atoms. The second-order valence-corrected chi connectivity index (χ2v) is 4.47. The number of hydrogen-bond acceptors (Lipinski definition) is 3. The fourth-order valence-electron chi connectivity index (χ4n) is 1.58. The van der Waals surface area contributed by atoms with Crippen molar-refractivity contribution in [2.75, 3.05) is 5.23 Å². The molecule has 2 atom stereocenters. The van der Waals surface area contributed by atoms with Gasteiger partial charge in [0.25, 0.3) is 0 Å². The first-order chi connectivity index (χ1) is 9.17. The molecule has 0 aromatic heterocycles. The van der Waals surface area contributed by atoms with Gasteiger partial charge in [0.05, 0.1) is 17.9 Å². The van der Waals surface area contributed by atoms with Crippen molar-refractivity contribution in [1.29, 1.82) is 0 Å². The first-order valence-electron chi connectivity index (χ1n) is 6.58. The van der Waals surface area contributed by atoms with Crippen LogP contribution in [0.25, 0.3) is 0 Å². The Kier molecular flexibility index (Phi) is 6.93. The first kappa shape index (κ1) is 15.5. The molecule has 0 aliphatic rings. The van der Waals surface area contributed by atoms with Crippen LogP contribution in [0.2, 0.25) is 0 Å². The van der Waals surface area contributed by atoms with Crippen LogP contribution in [0.15, 0.2) is 55.6 Å². The fourth-order valence-corrected chi connectivity index (χ4v) is 1.58. The highest BCUT2D eigenvalue weighted by atomic mass is 17.0. The van der Waals surface area contributed by atoms with Gasteiger partial charge in [-0.25, -0.2) is 9.68 Å². The minimum Gasteiger partial charge on any atom is -0.245 e. The average Bonchev–Trinajstić information content (AvgIpc) is 2.39. The predicted octanol–water partition coefficient (Wildman–Crippen LogP) is 4.29. The Labute approximate surface area is 116 Å². The van der Waals surface area contributed by atoms with Gasteiger partial charge in [0, 0.05) is 0 Å². The van der Waals surface area contributed by atoms with Crippen molar-refractivity contribution in [2.45, 2.75) is 38.9 Å². The standard InChI is InChI=1S/C16H23NO2/c1-5-10-14(3)18-17(19-15(4)11-6-2)16-12-8-7-9-13-16/h5-9,12-15H,1-2,10-11H2,3-4H3. The molecule has 0 radical (unpaired) electrons. The van der Waals surface area contributed by atoms with Gasteiger partial charge < -0.3 is 0 Å². The highest BCUT2D eigenvalue weighted by Crippen LogP contribution is 2.18. The third-order valence-electron chi connectivity index (χ3n) is 2.52. The quantitative estimate of drug-likeness (QED) is 0.489. The van der Waals surface area contributed by atoms with E-state index in [-0.39, 0.29) is 12.2 Å². The van der Waals surface area contributed by atoms with Gasteiger partial charge in [-0.1, -0.05) is 30.4 Å². The van der Waals surface area contributed by atoms with Crippen LogP contribution in [0.3, 0.4) is 0 Å². The highest BCUT2D eigenvalue weighted by molar-refractivity contribution is 5.41. The molecule has 19 heavy (non-hydrogen) atoms. The van der Waals surface area contributed by atoms with E-state index in [1.54, 1.807) is 0 Å². The number of nitrogens with zero attached hydrogens (tertiary/aromatic N) is 1. The summed E-state index contributed by atoms with van der Waals surface area (Å²) in [5.41, 5.74) is 0.870. The van der Waals surface area contributed by atoms with Crippen LogP contribution in [-0.2, 0) is 9.68 Å². The second kappa shape index (κ2) is 8.51. The average molecular weight is 261 g/mol. The summed E-state index contributed by atoms with van der Waals surface area (Å²) >= 11 is 0. The summed E-state index contributed by atoms with van der Waals surface area (Å²) in [6, 6.07) is 9.75. The number of anilines is 1. The van der Waals surface area contributed by atoms with Gasteiger partial charge in [0.15, 0.2) is 0 Å². The fraction of sp³-hybridized carbons (Fsp3) is 0.375. The largest absolute Gasteiger partial charge is 0.245 e. The highest BCUT2D eigenvalue weighted by Gasteiger charge is 2.15. The van der Waals surface area contributed by atoms with Gasteiger partial charge in [0.2, 0.25) is 0 Å². The van der Waals surface area contributed by atoms with Crippen LogP contribution in [0.5, 0.6) is 0 Å². The van der Waals surface area contributed by atoms with E-state index in [2.05, 4.69) is 13.2 Å². The van der Waals surface area contributed by atoms with E-state index in [0.29, 0.717) is 0 Å². The SMILES string of the molecule is C=CCC(C)ON(OC(C)CC=C)c1ccccc1. The summed E-state index contributed by atoms with van der Waals surface area (Å²) in [5.74, 6) is 0. The lowest BCUT2D eigenvalue weighted by Crippen LogP contribution is -2.32. The van der Waals surface area contributed by atoms with Crippen LogP contribution in [-0.4, -0.2) is 12.2 Å². The van der Waals surface area contributed by atoms with E-state index in [4.69, 9.17) is 9.68 Å². The molecule has 1 aromatic carbocycles. The van der Waals surface area contributed by atoms with Crippen molar-refractivity contribution >= 4 is 5.69 Å². The van der Waals surface area contributed by atoms with Crippen LogP contribution >= 0.6 is 0 Å². The molecule has 0 heterocycles. The monoisotopic (exact) mass is 261 g/mol. The van der Waals surface area contributed by atoms with Gasteiger partial charge in [-0.05, 0) is 38.8 Å². The van der Waals surface area contributed by atoms with Crippen molar-refractivity contribution in [3.05, 3.63) is 55.6 Å². The van der Waals surface area contributed by atoms with Crippen molar-refractivity contribution in [1.82, 2.24) is 0 Å². The number of benzene rings is 1. The van der Waals surface area contributed by atoms with E-state index in [9.17, 15) is 0 Å². The zero-order chi connectivity index (χ0) is 14.1. The third-order valence-corrected chi connectivity index (χ3v) is 2.52. The van der Waals surface area contributed by atoms with E-state index in [0.717, 1.165) is 18.5 Å². The smallest absolute Gasteiger partial charge is 0.0947 e. The van der Waals surface area contributed by atoms with Crippen molar-refractivity contribution in [3.8, 4) is 0 Å². The molecular formula is C16H23NO2. The number of rotatable bonds is 9. The second-order valence-electron chi connectivity index (χ2n) is 4.47. The summed E-state index contributed by atoms with van der Waals surface area (Å²) in [6.45, 7) is 11.4. The van der Waals surface area contributed by atoms with Crippen molar-refractivity contribution < 1.29 is 9.68 Å². The van der Waals surface area contributed by atoms with Gasteiger partial charge in [-0.3, -0.25) is 0 Å². The Morgan fingerprint density at radius 1 is 1.00 bits per heavy atom. The first-order valence-corrected chi connectivity index (χ1v) is 6.58. The molecule has 0 N–H and O–H groups in total. The maximum absolute atomic E-state index is 5.80. The van der Waals surface area contributed by atoms with Crippen LogP contribution in [0.4, 0.5) is 5.69 Å². The molecule has 0 saturated carbocycles. The van der Waals surface area contributed by atoms with Crippen molar-refractivity contribution in [2.24, 2.45) is 0 Å². The molecule has 3 nitrogen and oxygen atoms in total. The van der Waals surface area contributed by atoms with Gasteiger partial charge in [0.1, 0.15) is 0 Å². The molecule has 0 aliphatic heterocycles. The predicted molar refractivity (Wildman–Crippen MR) is 79.6 cm³/mol. The Balaban J connectivity index is 2.72. The van der Waals surface area contributed by atoms with Gasteiger partial charge >= 0.3 is 0 Å². The minimum absolute atomic E-state index is 0.00800. The lowest BCUT2D eigenvalue weighted by molar-refractivity contribution is -0.139. The lowest BCUT2D eigenvalue weighted by Gasteiger charge is -2.28. The zero-order valence-corrected chi connectivity index (χ0v) is 11.8. The summed E-state index contributed by atoms with van der Waals surface area (Å²) in [5, 5.41) is 1.49. The number of para-hydroxylation sites is 1. The summed E-state index contributed by atoms with van der Waals surface area (Å²) in [6.07, 6.45) is 5.22. The molecule has 0 spiro atoms. The van der Waals surface area contributed by atoms with Gasteiger partial charge in [-0.2, -0.15) is 0 Å². The van der Waals surface area contributed by atoms with Crippen LogP contribution in [0, 0.1) is 0 Å². The zero-order valence-electron chi connectivity index (χ0n) is 11.8. The van der Waals surface area contributed by atoms with E-state index < -0.39 is 0 Å². The molecule has 1 aromatic rings. The molecule has 0 fully saturated rings. The Hall–Kier alpha value is -1.58. The normalized spacial score (nSPS) is 13.6. The van der Waals surface area contributed by atoms with E-state index in [1.807, 2.05) is 56.3 Å². The summed E-state index contributed by atoms with van der Waals surface area (Å²) in [7, 11) is 0. The minimum atomic E-state index is 0.00800. The Morgan fingerprint density at radius 3 is 1.89 bits per heavy atom. The van der Waals surface area contributed by atoms with E-state index >= 15 is 0 Å². The molecule has 2 unspecified atom stereocenters. The molecule has 1 rings (SSSR count). The number of hydrogen-bond donors (Lipinski definition) is 0. The molecule has 0 aliphatic carbocycles. The van der Waals surface area contributed by atoms with E-state index in [1.165, 1.54) is 5.23 Å². The molecule has 104 valence electrons. The summed E-state index contributed by atoms with van der Waals surface area (Å²) < 4.78 is 0. The van der Waals surface area contributed by atoms with Crippen molar-refractivity contribution in [3.63, 3.8) is 0 Å². The molecule has 0 amide bonds. The van der Waals surface area contributed by atoms with Crippen LogP contribution in [0.1, 0.15) is 26.7 Å². The molecule has 3 heteroatoms. The lowest BCUT2D eigenvalue weighted by atomic mass is 10.3. The van der Waals surface area contributed by atoms with Crippen LogP contribution < -0.4 is 5.23 Å². The molecular weight excluding hydrogens is 238 g/mol.